The van der Waals surface area contributed by atoms with Crippen LogP contribution in [0, 0.1) is 0 Å². The summed E-state index contributed by atoms with van der Waals surface area (Å²) in [7, 11) is 3.48. The van der Waals surface area contributed by atoms with Crippen LogP contribution in [-0.4, -0.2) is 36.4 Å². The Balaban J connectivity index is 3.07. The minimum Gasteiger partial charge on any atom is -0.355 e. The number of carbonyl (C=O) groups is 1. The molecule has 0 atom stereocenters. The van der Waals surface area contributed by atoms with E-state index in [2.05, 4.69) is 5.32 Å². The van der Waals surface area contributed by atoms with E-state index >= 15 is 0 Å². The Morgan fingerprint density at radius 1 is 1.36 bits per heavy atom. The number of nitrogens with one attached hydrogen (secondary N) is 1. The van der Waals surface area contributed by atoms with Crippen LogP contribution in [-0.2, 0) is 4.79 Å². The van der Waals surface area contributed by atoms with Crippen LogP contribution in [0.3, 0.4) is 0 Å². The first-order valence-electron chi connectivity index (χ1n) is 4.58. The standard InChI is InChI=1S/C8H17ClN2OS2/c9-3-1-2-8(12)11-5-7-14-13-6-4-10/h1-7,10H2,(H,11,12). The van der Waals surface area contributed by atoms with Crippen LogP contribution in [0.25, 0.3) is 0 Å². The van der Waals surface area contributed by atoms with Crippen molar-refractivity contribution < 1.29 is 4.79 Å². The fraction of sp³-hybridized carbons (Fsp3) is 0.875. The molecule has 0 heterocycles. The number of carbonyl (C=O) groups excluding carboxylic acids is 1. The number of amides is 1. The van der Waals surface area contributed by atoms with Gasteiger partial charge in [0.2, 0.25) is 5.91 Å². The molecule has 0 aromatic rings. The molecule has 14 heavy (non-hydrogen) atoms. The SMILES string of the molecule is NCCSSCCNC(=O)CCCCl. The highest BCUT2D eigenvalue weighted by Gasteiger charge is 1.98. The molecule has 0 aromatic carbocycles. The van der Waals surface area contributed by atoms with Crippen molar-refractivity contribution in [3.8, 4) is 0 Å². The van der Waals surface area contributed by atoms with Gasteiger partial charge in [0.1, 0.15) is 0 Å². The lowest BCUT2D eigenvalue weighted by Crippen LogP contribution is -2.25. The predicted molar refractivity (Wildman–Crippen MR) is 66.9 cm³/mol. The second-order valence-electron chi connectivity index (χ2n) is 2.58. The van der Waals surface area contributed by atoms with E-state index in [1.165, 1.54) is 0 Å². The molecule has 0 aliphatic rings. The highest BCUT2D eigenvalue weighted by atomic mass is 35.5. The number of alkyl halides is 1. The Morgan fingerprint density at radius 2 is 2.07 bits per heavy atom. The second-order valence-corrected chi connectivity index (χ2v) is 5.66. The normalized spacial score (nSPS) is 10.1. The van der Waals surface area contributed by atoms with Crippen LogP contribution in [0.5, 0.6) is 0 Å². The summed E-state index contributed by atoms with van der Waals surface area (Å²) in [5.41, 5.74) is 5.33. The maximum absolute atomic E-state index is 11.1. The van der Waals surface area contributed by atoms with E-state index in [-0.39, 0.29) is 5.91 Å². The number of nitrogens with two attached hydrogens (primary N) is 1. The third kappa shape index (κ3) is 10.5. The summed E-state index contributed by atoms with van der Waals surface area (Å²) < 4.78 is 0. The highest BCUT2D eigenvalue weighted by Crippen LogP contribution is 2.18. The molecule has 84 valence electrons. The quantitative estimate of drug-likeness (QED) is 0.373. The van der Waals surface area contributed by atoms with Crippen molar-refractivity contribution in [1.82, 2.24) is 5.32 Å². The average Bonchev–Trinajstić information content (AvgIpc) is 2.20. The molecular formula is C8H17ClN2OS2. The van der Waals surface area contributed by atoms with E-state index < -0.39 is 0 Å². The molecule has 0 fully saturated rings. The van der Waals surface area contributed by atoms with Gasteiger partial charge in [-0.25, -0.2) is 0 Å². The molecule has 0 unspecified atom stereocenters. The number of rotatable bonds is 9. The van der Waals surface area contributed by atoms with Crippen LogP contribution >= 0.6 is 33.2 Å². The van der Waals surface area contributed by atoms with Crippen molar-refractivity contribution in [3.63, 3.8) is 0 Å². The minimum absolute atomic E-state index is 0.0927. The van der Waals surface area contributed by atoms with Gasteiger partial charge in [-0.3, -0.25) is 4.79 Å². The second kappa shape index (κ2) is 11.5. The first kappa shape index (κ1) is 14.4. The van der Waals surface area contributed by atoms with Crippen molar-refractivity contribution in [1.29, 1.82) is 0 Å². The summed E-state index contributed by atoms with van der Waals surface area (Å²) in [6, 6.07) is 0. The van der Waals surface area contributed by atoms with Gasteiger partial charge >= 0.3 is 0 Å². The molecule has 0 aromatic heterocycles. The molecule has 0 aliphatic carbocycles. The molecule has 0 spiro atoms. The van der Waals surface area contributed by atoms with Gasteiger partial charge in [0, 0.05) is 36.9 Å². The highest BCUT2D eigenvalue weighted by molar-refractivity contribution is 8.76. The van der Waals surface area contributed by atoms with E-state index in [0.29, 0.717) is 18.8 Å². The van der Waals surface area contributed by atoms with Crippen molar-refractivity contribution in [3.05, 3.63) is 0 Å². The molecule has 0 saturated carbocycles. The third-order valence-corrected chi connectivity index (χ3v) is 4.04. The van der Waals surface area contributed by atoms with Crippen molar-refractivity contribution >= 4 is 39.1 Å². The summed E-state index contributed by atoms with van der Waals surface area (Å²) in [6.45, 7) is 1.43. The largest absolute Gasteiger partial charge is 0.355 e. The van der Waals surface area contributed by atoms with Gasteiger partial charge in [-0.2, -0.15) is 0 Å². The maximum Gasteiger partial charge on any atom is 0.220 e. The summed E-state index contributed by atoms with van der Waals surface area (Å²) in [5, 5.41) is 2.83. The first-order chi connectivity index (χ1) is 6.81. The lowest BCUT2D eigenvalue weighted by molar-refractivity contribution is -0.120. The molecule has 3 N–H and O–H groups in total. The zero-order valence-corrected chi connectivity index (χ0v) is 10.5. The van der Waals surface area contributed by atoms with Crippen LogP contribution in [0.1, 0.15) is 12.8 Å². The Labute approximate surface area is 98.3 Å². The van der Waals surface area contributed by atoms with Gasteiger partial charge in [0.15, 0.2) is 0 Å². The Bertz CT molecular complexity index is 149. The lowest BCUT2D eigenvalue weighted by Gasteiger charge is -2.03. The first-order valence-corrected chi connectivity index (χ1v) is 7.60. The molecule has 1 amide bonds. The fourth-order valence-electron chi connectivity index (χ4n) is 0.714. The Morgan fingerprint density at radius 3 is 2.71 bits per heavy atom. The van der Waals surface area contributed by atoms with Crippen molar-refractivity contribution in [2.24, 2.45) is 5.73 Å². The number of hydrogen-bond acceptors (Lipinski definition) is 4. The smallest absolute Gasteiger partial charge is 0.220 e. The van der Waals surface area contributed by atoms with E-state index in [0.717, 1.165) is 24.5 Å². The van der Waals surface area contributed by atoms with E-state index in [1.807, 2.05) is 0 Å². The van der Waals surface area contributed by atoms with Crippen LogP contribution in [0.2, 0.25) is 0 Å². The average molecular weight is 257 g/mol. The van der Waals surface area contributed by atoms with Crippen LogP contribution in [0.4, 0.5) is 0 Å². The van der Waals surface area contributed by atoms with Crippen LogP contribution in [0.15, 0.2) is 0 Å². The Kier molecular flexibility index (Phi) is 11.8. The van der Waals surface area contributed by atoms with Gasteiger partial charge in [0.25, 0.3) is 0 Å². The van der Waals surface area contributed by atoms with E-state index in [9.17, 15) is 4.79 Å². The summed E-state index contributed by atoms with van der Waals surface area (Å²) in [5.74, 6) is 2.53. The molecule has 0 radical (unpaired) electrons. The maximum atomic E-state index is 11.1. The summed E-state index contributed by atoms with van der Waals surface area (Å²) in [4.78, 5) is 11.1. The van der Waals surface area contributed by atoms with Crippen LogP contribution < -0.4 is 11.1 Å². The monoisotopic (exact) mass is 256 g/mol. The van der Waals surface area contributed by atoms with E-state index in [1.54, 1.807) is 21.6 Å². The van der Waals surface area contributed by atoms with Gasteiger partial charge in [0.05, 0.1) is 0 Å². The molecule has 0 aliphatic heterocycles. The molecule has 3 nitrogen and oxygen atoms in total. The Hall–Kier alpha value is 0.420. The molecule has 0 bridgehead atoms. The lowest BCUT2D eigenvalue weighted by atomic mass is 10.3. The molecule has 0 saturated heterocycles. The molecule has 6 heteroatoms. The number of halogens is 1. The fourth-order valence-corrected chi connectivity index (χ4v) is 2.61. The van der Waals surface area contributed by atoms with Crippen molar-refractivity contribution in [2.75, 3.05) is 30.5 Å². The van der Waals surface area contributed by atoms with Gasteiger partial charge in [-0.15, -0.1) is 11.6 Å². The summed E-state index contributed by atoms with van der Waals surface area (Å²) >= 11 is 5.46. The van der Waals surface area contributed by atoms with E-state index in [4.69, 9.17) is 17.3 Å². The third-order valence-electron chi connectivity index (χ3n) is 1.33. The zero-order valence-electron chi connectivity index (χ0n) is 8.13. The minimum atomic E-state index is 0.0927. The topological polar surface area (TPSA) is 55.1 Å². The molecule has 0 rings (SSSR count). The zero-order chi connectivity index (χ0) is 10.6. The van der Waals surface area contributed by atoms with Gasteiger partial charge in [-0.1, -0.05) is 21.6 Å². The predicted octanol–water partition coefficient (Wildman–Crippen LogP) is 1.46. The molecular weight excluding hydrogens is 240 g/mol. The number of hydrogen-bond donors (Lipinski definition) is 2. The van der Waals surface area contributed by atoms with Gasteiger partial charge < -0.3 is 11.1 Å². The van der Waals surface area contributed by atoms with Crippen molar-refractivity contribution in [2.45, 2.75) is 12.8 Å². The van der Waals surface area contributed by atoms with Gasteiger partial charge in [-0.05, 0) is 6.42 Å². The summed E-state index contributed by atoms with van der Waals surface area (Å²) in [6.07, 6.45) is 1.28.